The molecule has 1 nitrogen and oxygen atoms in total. The topological polar surface area (TPSA) is 12.4 Å². The summed E-state index contributed by atoms with van der Waals surface area (Å²) in [6, 6.07) is 0. The van der Waals surface area contributed by atoms with E-state index in [1.165, 1.54) is 18.6 Å². The highest BCUT2D eigenvalue weighted by atomic mass is 14.9. The molecule has 0 saturated carbocycles. The Kier molecular flexibility index (Phi) is 3.62. The summed E-state index contributed by atoms with van der Waals surface area (Å²) in [5, 5.41) is 0. The Morgan fingerprint density at radius 1 is 1.30 bits per heavy atom. The number of hydrogen-bond donors (Lipinski definition) is 0. The minimum Gasteiger partial charge on any atom is -0.288 e. The van der Waals surface area contributed by atoms with Crippen molar-refractivity contribution < 1.29 is 0 Å². The van der Waals surface area contributed by atoms with Crippen LogP contribution in [0.5, 0.6) is 0 Å². The first-order valence-electron chi connectivity index (χ1n) is 4.15. The van der Waals surface area contributed by atoms with E-state index in [2.05, 4.69) is 25.8 Å². The van der Waals surface area contributed by atoms with Crippen LogP contribution in [-0.2, 0) is 0 Å². The molecule has 10 heavy (non-hydrogen) atoms. The third-order valence-electron chi connectivity index (χ3n) is 1.59. The lowest BCUT2D eigenvalue weighted by Gasteiger charge is -2.10. The maximum Gasteiger partial charge on any atom is 0.0555 e. The molecule has 0 N–H and O–H groups in total. The van der Waals surface area contributed by atoms with E-state index in [1.54, 1.807) is 0 Å². The van der Waals surface area contributed by atoms with Crippen molar-refractivity contribution in [2.24, 2.45) is 4.99 Å². The molecule has 1 heteroatoms. The molecule has 0 bridgehead atoms. The van der Waals surface area contributed by atoms with Crippen LogP contribution in [0, 0.1) is 0 Å². The summed E-state index contributed by atoms with van der Waals surface area (Å²) < 4.78 is 0. The quantitative estimate of drug-likeness (QED) is 0.491. The highest BCUT2D eigenvalue weighted by molar-refractivity contribution is 5.84. The molecule has 0 unspecified atom stereocenters. The van der Waals surface area contributed by atoms with Crippen LogP contribution in [0.3, 0.4) is 0 Å². The van der Waals surface area contributed by atoms with Gasteiger partial charge < -0.3 is 0 Å². The lowest BCUT2D eigenvalue weighted by atomic mass is 10.0. The molecule has 0 aromatic carbocycles. The summed E-state index contributed by atoms with van der Waals surface area (Å²) in [6.07, 6.45) is 2.44. The van der Waals surface area contributed by atoms with Crippen LogP contribution < -0.4 is 0 Å². The Morgan fingerprint density at radius 3 is 1.90 bits per heavy atom. The zero-order valence-electron chi connectivity index (χ0n) is 7.86. The molecule has 0 saturated heterocycles. The molecule has 0 fully saturated rings. The van der Waals surface area contributed by atoms with Gasteiger partial charge in [0.1, 0.15) is 0 Å². The molecule has 0 radical (unpaired) electrons. The summed E-state index contributed by atoms with van der Waals surface area (Å²) in [6.45, 7) is 10.5. The van der Waals surface area contributed by atoms with E-state index in [0.29, 0.717) is 0 Å². The fourth-order valence-electron chi connectivity index (χ4n) is 1.12. The predicted octanol–water partition coefficient (Wildman–Crippen LogP) is 3.05. The second-order valence-electron chi connectivity index (χ2n) is 3.16. The van der Waals surface area contributed by atoms with E-state index >= 15 is 0 Å². The highest BCUT2D eigenvalue weighted by Gasteiger charge is 2.21. The van der Waals surface area contributed by atoms with E-state index in [1.807, 2.05) is 13.8 Å². The van der Waals surface area contributed by atoms with Gasteiger partial charge in [-0.15, -0.1) is 0 Å². The van der Waals surface area contributed by atoms with Crippen molar-refractivity contribution in [1.82, 2.24) is 0 Å². The molecule has 0 aromatic heterocycles. The Balaban J connectivity index is 0.000000371. The van der Waals surface area contributed by atoms with Crippen molar-refractivity contribution in [3.63, 3.8) is 0 Å². The Hall–Kier alpha value is -0.330. The molecule has 60 valence electrons. The molecule has 1 heterocycles. The maximum atomic E-state index is 4.44. The number of hydrogen-bond acceptors (Lipinski definition) is 1. The fraction of sp³-hybridized carbons (Fsp3) is 0.889. The second-order valence-corrected chi connectivity index (χ2v) is 3.16. The third-order valence-corrected chi connectivity index (χ3v) is 1.59. The summed E-state index contributed by atoms with van der Waals surface area (Å²) in [4.78, 5) is 4.44. The van der Waals surface area contributed by atoms with Crippen molar-refractivity contribution in [2.75, 3.05) is 0 Å². The van der Waals surface area contributed by atoms with Gasteiger partial charge in [0.05, 0.1) is 5.54 Å². The van der Waals surface area contributed by atoms with E-state index < -0.39 is 0 Å². The molecular weight excluding hydrogens is 122 g/mol. The van der Waals surface area contributed by atoms with Gasteiger partial charge in [-0.3, -0.25) is 4.99 Å². The van der Waals surface area contributed by atoms with Gasteiger partial charge in [-0.1, -0.05) is 13.8 Å². The first kappa shape index (κ1) is 9.67. The predicted molar refractivity (Wildman–Crippen MR) is 47.8 cm³/mol. The summed E-state index contributed by atoms with van der Waals surface area (Å²) in [5.74, 6) is 0. The van der Waals surface area contributed by atoms with E-state index in [-0.39, 0.29) is 5.54 Å². The molecule has 0 aromatic rings. The highest BCUT2D eigenvalue weighted by Crippen LogP contribution is 2.23. The summed E-state index contributed by atoms with van der Waals surface area (Å²) in [7, 11) is 0. The Labute approximate surface area is 64.6 Å². The van der Waals surface area contributed by atoms with Crippen LogP contribution in [0.1, 0.15) is 47.5 Å². The molecule has 0 atom stereocenters. The summed E-state index contributed by atoms with van der Waals surface area (Å²) >= 11 is 0. The number of nitrogens with zero attached hydrogens (tertiary/aromatic N) is 1. The van der Waals surface area contributed by atoms with Crippen molar-refractivity contribution >= 4 is 5.71 Å². The van der Waals surface area contributed by atoms with Crippen molar-refractivity contribution in [2.45, 2.75) is 53.0 Å². The van der Waals surface area contributed by atoms with Crippen molar-refractivity contribution in [3.05, 3.63) is 0 Å². The first-order valence-corrected chi connectivity index (χ1v) is 4.15. The van der Waals surface area contributed by atoms with Crippen LogP contribution >= 0.6 is 0 Å². The summed E-state index contributed by atoms with van der Waals surface area (Å²) in [5.41, 5.74) is 1.57. The van der Waals surface area contributed by atoms with Crippen LogP contribution in [0.4, 0.5) is 0 Å². The average molecular weight is 141 g/mol. The standard InChI is InChI=1S/C7H13N.C2H6/c1-6-4-5-7(2,3)8-6;1-2/h4-5H2,1-3H3;1-2H3. The van der Waals surface area contributed by atoms with Gasteiger partial charge in [0.15, 0.2) is 0 Å². The van der Waals surface area contributed by atoms with Crippen LogP contribution in [0.15, 0.2) is 4.99 Å². The molecule has 1 aliphatic heterocycles. The normalized spacial score (nSPS) is 21.1. The average Bonchev–Trinajstić information content (AvgIpc) is 2.15. The lowest BCUT2D eigenvalue weighted by molar-refractivity contribution is 0.522. The molecule has 0 amide bonds. The van der Waals surface area contributed by atoms with Gasteiger partial charge >= 0.3 is 0 Å². The SMILES string of the molecule is CC.CC1=NC(C)(C)CC1. The maximum absolute atomic E-state index is 4.44. The van der Waals surface area contributed by atoms with Gasteiger partial charge in [-0.2, -0.15) is 0 Å². The molecule has 0 aliphatic carbocycles. The molecule has 1 rings (SSSR count). The second kappa shape index (κ2) is 3.75. The monoisotopic (exact) mass is 141 g/mol. The largest absolute Gasteiger partial charge is 0.288 e. The Bertz CT molecular complexity index is 123. The zero-order valence-corrected chi connectivity index (χ0v) is 7.86. The minimum absolute atomic E-state index is 0.254. The number of aliphatic imine (C=N–C) groups is 1. The molecular formula is C9H19N. The third kappa shape index (κ3) is 3.00. The van der Waals surface area contributed by atoms with Crippen molar-refractivity contribution in [3.8, 4) is 0 Å². The first-order chi connectivity index (χ1) is 4.60. The van der Waals surface area contributed by atoms with Gasteiger partial charge in [-0.25, -0.2) is 0 Å². The molecule has 1 aliphatic rings. The molecule has 0 spiro atoms. The lowest BCUT2D eigenvalue weighted by Crippen LogP contribution is -2.10. The fourth-order valence-corrected chi connectivity index (χ4v) is 1.12. The van der Waals surface area contributed by atoms with Crippen LogP contribution in [-0.4, -0.2) is 11.3 Å². The van der Waals surface area contributed by atoms with E-state index in [9.17, 15) is 0 Å². The van der Waals surface area contributed by atoms with Crippen molar-refractivity contribution in [1.29, 1.82) is 0 Å². The Morgan fingerprint density at radius 2 is 1.80 bits per heavy atom. The van der Waals surface area contributed by atoms with E-state index in [4.69, 9.17) is 0 Å². The van der Waals surface area contributed by atoms with Gasteiger partial charge in [-0.05, 0) is 33.6 Å². The van der Waals surface area contributed by atoms with Gasteiger partial charge in [0, 0.05) is 5.71 Å². The van der Waals surface area contributed by atoms with E-state index in [0.717, 1.165) is 0 Å². The smallest absolute Gasteiger partial charge is 0.0555 e. The van der Waals surface area contributed by atoms with Gasteiger partial charge in [0.25, 0.3) is 0 Å². The zero-order chi connectivity index (χ0) is 8.20. The minimum atomic E-state index is 0.254. The van der Waals surface area contributed by atoms with Gasteiger partial charge in [0.2, 0.25) is 0 Å². The van der Waals surface area contributed by atoms with Crippen LogP contribution in [0.2, 0.25) is 0 Å². The van der Waals surface area contributed by atoms with Crippen LogP contribution in [0.25, 0.3) is 0 Å². The number of rotatable bonds is 0.